The van der Waals surface area contributed by atoms with E-state index in [1.807, 2.05) is 30.3 Å². The molecule has 1 amide bonds. The smallest absolute Gasteiger partial charge is 0.263 e. The molecule has 2 aromatic rings. The number of carbonyl (C=O) groups excluding carboxylic acids is 1. The zero-order chi connectivity index (χ0) is 18.0. The average molecular weight is 379 g/mol. The predicted octanol–water partition coefficient (Wildman–Crippen LogP) is 3.71. The van der Waals surface area contributed by atoms with Crippen LogP contribution in [0.5, 0.6) is 5.75 Å². The van der Waals surface area contributed by atoms with Crippen LogP contribution in [0, 0.1) is 0 Å². The summed E-state index contributed by atoms with van der Waals surface area (Å²) in [5, 5.41) is 0.704. The number of ether oxygens (including phenoxy) is 1. The molecular formula is C19H20Cl2N2O2. The first-order valence-electron chi connectivity index (χ1n) is 8.17. The minimum absolute atomic E-state index is 0.0895. The second-order valence-corrected chi connectivity index (χ2v) is 7.02. The minimum Gasteiger partial charge on any atom is -0.479 e. The summed E-state index contributed by atoms with van der Waals surface area (Å²) in [7, 11) is 0. The van der Waals surface area contributed by atoms with Crippen molar-refractivity contribution in [2.24, 2.45) is 5.73 Å². The number of rotatable bonds is 4. The Morgan fingerprint density at radius 2 is 1.88 bits per heavy atom. The molecule has 1 unspecified atom stereocenters. The van der Waals surface area contributed by atoms with Crippen LogP contribution in [0.4, 0.5) is 0 Å². The van der Waals surface area contributed by atoms with Crippen molar-refractivity contribution in [2.45, 2.75) is 25.0 Å². The number of nitrogens with zero attached hydrogens (tertiary/aromatic N) is 1. The quantitative estimate of drug-likeness (QED) is 0.881. The van der Waals surface area contributed by atoms with E-state index in [-0.39, 0.29) is 17.9 Å². The van der Waals surface area contributed by atoms with Crippen LogP contribution in [-0.4, -0.2) is 36.0 Å². The molecule has 0 aliphatic carbocycles. The lowest BCUT2D eigenvalue weighted by atomic mass is 9.95. The molecule has 1 aliphatic rings. The van der Waals surface area contributed by atoms with E-state index in [1.165, 1.54) is 0 Å². The topological polar surface area (TPSA) is 55.6 Å². The lowest BCUT2D eigenvalue weighted by molar-refractivity contribution is -0.136. The van der Waals surface area contributed by atoms with Gasteiger partial charge in [0.1, 0.15) is 10.8 Å². The maximum atomic E-state index is 12.7. The van der Waals surface area contributed by atoms with Crippen LogP contribution < -0.4 is 10.5 Å². The molecule has 0 spiro atoms. The van der Waals surface area contributed by atoms with Crippen molar-refractivity contribution in [3.63, 3.8) is 0 Å². The lowest BCUT2D eigenvalue weighted by Gasteiger charge is -2.22. The molecule has 0 saturated carbocycles. The molecule has 1 heterocycles. The highest BCUT2D eigenvalue weighted by Gasteiger charge is 2.36. The Balaban J connectivity index is 1.68. The van der Waals surface area contributed by atoms with Crippen LogP contribution in [0.2, 0.25) is 10.0 Å². The van der Waals surface area contributed by atoms with Crippen LogP contribution in [0.1, 0.15) is 18.4 Å². The summed E-state index contributed by atoms with van der Waals surface area (Å²) in [5.74, 6) is 0.426. The standard InChI is InChI=1S/C19H20Cl2N2O2/c1-12(25-17-9-5-8-15(20)18(17)21)19(24)23-10-14(16(22)11-23)13-6-3-2-4-7-13/h2-9,12,14,16H,10-11,22H2,1H3/t12?,14-,16+/m0/s1. The molecule has 2 aromatic carbocycles. The summed E-state index contributed by atoms with van der Waals surface area (Å²) in [5.41, 5.74) is 7.41. The van der Waals surface area contributed by atoms with E-state index < -0.39 is 6.10 Å². The van der Waals surface area contributed by atoms with E-state index in [0.717, 1.165) is 5.56 Å². The van der Waals surface area contributed by atoms with Gasteiger partial charge in [0.2, 0.25) is 0 Å². The second kappa shape index (κ2) is 7.65. The van der Waals surface area contributed by atoms with Gasteiger partial charge >= 0.3 is 0 Å². The van der Waals surface area contributed by atoms with Crippen LogP contribution in [0.15, 0.2) is 48.5 Å². The molecule has 1 saturated heterocycles. The number of halogens is 2. The Bertz CT molecular complexity index is 754. The Hall–Kier alpha value is -1.75. The van der Waals surface area contributed by atoms with Gasteiger partial charge in [0, 0.05) is 25.0 Å². The second-order valence-electron chi connectivity index (χ2n) is 6.24. The van der Waals surface area contributed by atoms with Crippen molar-refractivity contribution in [3.05, 3.63) is 64.1 Å². The van der Waals surface area contributed by atoms with E-state index >= 15 is 0 Å². The summed E-state index contributed by atoms with van der Waals surface area (Å²) in [6, 6.07) is 15.0. The first-order valence-corrected chi connectivity index (χ1v) is 8.93. The molecule has 6 heteroatoms. The predicted molar refractivity (Wildman–Crippen MR) is 100 cm³/mol. The third kappa shape index (κ3) is 3.92. The molecule has 4 nitrogen and oxygen atoms in total. The van der Waals surface area contributed by atoms with Crippen LogP contribution in [-0.2, 0) is 4.79 Å². The van der Waals surface area contributed by atoms with E-state index in [4.69, 9.17) is 33.7 Å². The lowest BCUT2D eigenvalue weighted by Crippen LogP contribution is -2.40. The van der Waals surface area contributed by atoms with Crippen molar-refractivity contribution in [3.8, 4) is 5.75 Å². The SMILES string of the molecule is CC(Oc1cccc(Cl)c1Cl)C(=O)N1C[C@@H](N)[C@H](c2ccccc2)C1. The van der Waals surface area contributed by atoms with Crippen molar-refractivity contribution < 1.29 is 9.53 Å². The van der Waals surface area contributed by atoms with Gasteiger partial charge in [-0.1, -0.05) is 59.6 Å². The highest BCUT2D eigenvalue weighted by molar-refractivity contribution is 6.42. The van der Waals surface area contributed by atoms with Gasteiger partial charge < -0.3 is 15.4 Å². The molecule has 3 rings (SSSR count). The number of nitrogens with two attached hydrogens (primary N) is 1. The third-order valence-electron chi connectivity index (χ3n) is 4.47. The van der Waals surface area contributed by atoms with Gasteiger partial charge in [-0.05, 0) is 24.6 Å². The van der Waals surface area contributed by atoms with Gasteiger partial charge in [-0.3, -0.25) is 4.79 Å². The normalized spacial score (nSPS) is 21.2. The molecule has 2 N–H and O–H groups in total. The molecule has 132 valence electrons. The van der Waals surface area contributed by atoms with Crippen LogP contribution >= 0.6 is 23.2 Å². The summed E-state index contributed by atoms with van der Waals surface area (Å²) in [4.78, 5) is 14.5. The summed E-state index contributed by atoms with van der Waals surface area (Å²) >= 11 is 12.1. The summed E-state index contributed by atoms with van der Waals surface area (Å²) in [6.45, 7) is 2.80. The Labute approximate surface area is 157 Å². The summed E-state index contributed by atoms with van der Waals surface area (Å²) in [6.07, 6.45) is -0.669. The van der Waals surface area contributed by atoms with Crippen LogP contribution in [0.3, 0.4) is 0 Å². The van der Waals surface area contributed by atoms with E-state index in [9.17, 15) is 4.79 Å². The van der Waals surface area contributed by atoms with Gasteiger partial charge in [0.25, 0.3) is 5.91 Å². The van der Waals surface area contributed by atoms with Crippen LogP contribution in [0.25, 0.3) is 0 Å². The molecule has 1 fully saturated rings. The number of carbonyl (C=O) groups is 1. The molecule has 1 aliphatic heterocycles. The highest BCUT2D eigenvalue weighted by Crippen LogP contribution is 2.33. The Kier molecular flexibility index (Phi) is 5.52. The van der Waals surface area contributed by atoms with Crippen molar-refractivity contribution in [2.75, 3.05) is 13.1 Å². The Morgan fingerprint density at radius 1 is 1.16 bits per heavy atom. The highest BCUT2D eigenvalue weighted by atomic mass is 35.5. The number of hydrogen-bond donors (Lipinski definition) is 1. The van der Waals surface area contributed by atoms with Gasteiger partial charge in [-0.15, -0.1) is 0 Å². The molecule has 0 radical (unpaired) electrons. The van der Waals surface area contributed by atoms with E-state index in [2.05, 4.69) is 0 Å². The summed E-state index contributed by atoms with van der Waals surface area (Å²) < 4.78 is 5.73. The molecular weight excluding hydrogens is 359 g/mol. The largest absolute Gasteiger partial charge is 0.479 e. The number of amides is 1. The molecule has 3 atom stereocenters. The van der Waals surface area contributed by atoms with E-state index in [0.29, 0.717) is 28.9 Å². The van der Waals surface area contributed by atoms with Crippen molar-refractivity contribution in [1.82, 2.24) is 4.90 Å². The fourth-order valence-electron chi connectivity index (χ4n) is 3.13. The molecule has 0 aromatic heterocycles. The minimum atomic E-state index is -0.669. The fraction of sp³-hybridized carbons (Fsp3) is 0.316. The number of likely N-dealkylation sites (tertiary alicyclic amines) is 1. The van der Waals surface area contributed by atoms with Crippen molar-refractivity contribution >= 4 is 29.1 Å². The van der Waals surface area contributed by atoms with Gasteiger partial charge in [-0.2, -0.15) is 0 Å². The zero-order valence-corrected chi connectivity index (χ0v) is 15.4. The van der Waals surface area contributed by atoms with E-state index in [1.54, 1.807) is 30.0 Å². The average Bonchev–Trinajstić information content (AvgIpc) is 3.00. The first-order chi connectivity index (χ1) is 12.0. The van der Waals surface area contributed by atoms with Gasteiger partial charge in [-0.25, -0.2) is 0 Å². The molecule has 0 bridgehead atoms. The maximum Gasteiger partial charge on any atom is 0.263 e. The third-order valence-corrected chi connectivity index (χ3v) is 5.27. The fourth-order valence-corrected chi connectivity index (χ4v) is 3.47. The van der Waals surface area contributed by atoms with Gasteiger partial charge in [0.05, 0.1) is 5.02 Å². The first kappa shape index (κ1) is 18.1. The maximum absolute atomic E-state index is 12.7. The Morgan fingerprint density at radius 3 is 2.60 bits per heavy atom. The number of benzene rings is 2. The monoisotopic (exact) mass is 378 g/mol. The molecule has 25 heavy (non-hydrogen) atoms. The van der Waals surface area contributed by atoms with Gasteiger partial charge in [0.15, 0.2) is 6.10 Å². The number of hydrogen-bond acceptors (Lipinski definition) is 3. The van der Waals surface area contributed by atoms with Crippen molar-refractivity contribution in [1.29, 1.82) is 0 Å². The zero-order valence-electron chi connectivity index (χ0n) is 13.9.